The van der Waals surface area contributed by atoms with E-state index in [-0.39, 0.29) is 18.9 Å². The minimum atomic E-state index is -1.03. The molecule has 7 nitrogen and oxygen atoms in total. The summed E-state index contributed by atoms with van der Waals surface area (Å²) in [6.45, 7) is 4.29. The highest BCUT2D eigenvalue weighted by Crippen LogP contribution is 2.32. The number of carbonyl (C=O) groups is 2. The molecule has 2 aromatic rings. The van der Waals surface area contributed by atoms with Crippen molar-refractivity contribution in [3.63, 3.8) is 0 Å². The molecule has 0 bridgehead atoms. The second-order valence-corrected chi connectivity index (χ2v) is 9.17. The fourth-order valence-electron chi connectivity index (χ4n) is 3.22. The van der Waals surface area contributed by atoms with E-state index in [0.717, 1.165) is 22.6 Å². The Balaban J connectivity index is 0.000000335. The fourth-order valence-corrected chi connectivity index (χ4v) is 4.45. The number of methoxy groups -OCH3 is 1. The summed E-state index contributed by atoms with van der Waals surface area (Å²) >= 11 is 7.58. The second-order valence-electron chi connectivity index (χ2n) is 7.56. The van der Waals surface area contributed by atoms with Gasteiger partial charge in [0.25, 0.3) is 5.91 Å². The van der Waals surface area contributed by atoms with Crippen LogP contribution in [0.1, 0.15) is 35.1 Å². The molecule has 0 fully saturated rings. The number of rotatable bonds is 10. The molecule has 0 radical (unpaired) electrons. The van der Waals surface area contributed by atoms with Crippen LogP contribution < -0.4 is 10.1 Å². The molecular weight excluding hydrogens is 476 g/mol. The van der Waals surface area contributed by atoms with Crippen molar-refractivity contribution >= 4 is 34.8 Å². The van der Waals surface area contributed by atoms with Gasteiger partial charge in [-0.25, -0.2) is 9.78 Å². The Morgan fingerprint density at radius 1 is 1.24 bits per heavy atom. The van der Waals surface area contributed by atoms with Gasteiger partial charge in [0.05, 0.1) is 12.1 Å². The number of carboxylic acid groups (broad SMARTS) is 1. The number of ether oxygens (including phenoxy) is 2. The summed E-state index contributed by atoms with van der Waals surface area (Å²) in [7, 11) is 1.70. The first-order valence-electron chi connectivity index (χ1n) is 10.9. The molecule has 1 amide bonds. The van der Waals surface area contributed by atoms with Crippen molar-refractivity contribution in [3.8, 4) is 16.3 Å². The molecule has 2 aliphatic rings. The Hall–Kier alpha value is -2.94. The maximum Gasteiger partial charge on any atom is 0.332 e. The van der Waals surface area contributed by atoms with Crippen LogP contribution >= 0.6 is 22.9 Å². The molecule has 0 saturated heterocycles. The summed E-state index contributed by atoms with van der Waals surface area (Å²) in [4.78, 5) is 28.7. The van der Waals surface area contributed by atoms with Crippen molar-refractivity contribution in [2.24, 2.45) is 0 Å². The lowest BCUT2D eigenvalue weighted by Crippen LogP contribution is -2.32. The highest BCUT2D eigenvalue weighted by Gasteiger charge is 2.20. The molecule has 0 spiro atoms. The first-order chi connectivity index (χ1) is 16.3. The smallest absolute Gasteiger partial charge is 0.332 e. The Kier molecular flexibility index (Phi) is 9.04. The van der Waals surface area contributed by atoms with Gasteiger partial charge < -0.3 is 19.9 Å². The molecular formula is C25H27ClN2O5S. The Bertz CT molecular complexity index is 1260. The normalized spacial score (nSPS) is 11.8. The molecule has 0 saturated carbocycles. The molecule has 1 aromatic heterocycles. The number of thiazole rings is 1. The minimum Gasteiger partial charge on any atom is -0.496 e. The van der Waals surface area contributed by atoms with Gasteiger partial charge >= 0.3 is 5.97 Å². The summed E-state index contributed by atoms with van der Waals surface area (Å²) in [6, 6.07) is 13.5. The van der Waals surface area contributed by atoms with E-state index in [1.807, 2.05) is 38.1 Å². The Morgan fingerprint density at radius 2 is 2.00 bits per heavy atom. The number of amides is 1. The van der Waals surface area contributed by atoms with Crippen LogP contribution in [0.5, 0.6) is 5.75 Å². The summed E-state index contributed by atoms with van der Waals surface area (Å²) in [6.07, 6.45) is 0.00567. The molecule has 1 aromatic carbocycles. The molecule has 1 heterocycles. The Labute approximate surface area is 207 Å². The predicted octanol–water partition coefficient (Wildman–Crippen LogP) is 5.07. The van der Waals surface area contributed by atoms with Gasteiger partial charge in [0.15, 0.2) is 6.10 Å². The van der Waals surface area contributed by atoms with Gasteiger partial charge in [-0.2, -0.15) is 0 Å². The summed E-state index contributed by atoms with van der Waals surface area (Å²) in [5.74, 6) is -0.335. The van der Waals surface area contributed by atoms with E-state index in [9.17, 15) is 9.59 Å². The van der Waals surface area contributed by atoms with Crippen molar-refractivity contribution < 1.29 is 24.2 Å². The lowest BCUT2D eigenvalue weighted by Gasteiger charge is -2.13. The number of aryl methyl sites for hydroxylation is 1. The SMILES string of the molecule is CCCOC(CCNC(=O)c1nc(-c2ccccc2Cl)sc1C)C(=O)O.COc1cc2ccc1=2. The molecule has 1 atom stereocenters. The largest absolute Gasteiger partial charge is 0.496 e. The molecule has 2 aliphatic carbocycles. The molecule has 0 aliphatic heterocycles. The van der Waals surface area contributed by atoms with Crippen LogP contribution in [0.4, 0.5) is 0 Å². The van der Waals surface area contributed by atoms with E-state index in [4.69, 9.17) is 26.2 Å². The number of benzene rings is 2. The van der Waals surface area contributed by atoms with Crippen LogP contribution in [-0.4, -0.2) is 48.3 Å². The summed E-state index contributed by atoms with van der Waals surface area (Å²) in [5.41, 5.74) is 1.10. The minimum absolute atomic E-state index is 0.192. The van der Waals surface area contributed by atoms with Crippen molar-refractivity contribution in [1.29, 1.82) is 0 Å². The number of halogens is 1. The van der Waals surface area contributed by atoms with E-state index < -0.39 is 12.1 Å². The van der Waals surface area contributed by atoms with Crippen LogP contribution in [0, 0.1) is 17.4 Å². The molecule has 1 unspecified atom stereocenters. The number of nitrogens with zero attached hydrogens (tertiary/aromatic N) is 1. The van der Waals surface area contributed by atoms with Gasteiger partial charge in [-0.1, -0.05) is 48.9 Å². The highest BCUT2D eigenvalue weighted by molar-refractivity contribution is 7.15. The van der Waals surface area contributed by atoms with E-state index in [2.05, 4.69) is 22.4 Å². The lowest BCUT2D eigenvalue weighted by atomic mass is 10.1. The second kappa shape index (κ2) is 12.0. The maximum atomic E-state index is 12.4. The van der Waals surface area contributed by atoms with Crippen molar-refractivity contribution in [2.45, 2.75) is 32.8 Å². The maximum absolute atomic E-state index is 12.4. The van der Waals surface area contributed by atoms with Gasteiger partial charge in [0.2, 0.25) is 0 Å². The molecule has 34 heavy (non-hydrogen) atoms. The third-order valence-corrected chi connectivity index (χ3v) is 6.45. The lowest BCUT2D eigenvalue weighted by molar-refractivity contribution is -0.150. The van der Waals surface area contributed by atoms with E-state index in [1.54, 1.807) is 13.2 Å². The van der Waals surface area contributed by atoms with Crippen LogP contribution in [0.3, 0.4) is 0 Å². The van der Waals surface area contributed by atoms with Crippen LogP contribution in [-0.2, 0) is 9.53 Å². The monoisotopic (exact) mass is 502 g/mol. The first-order valence-corrected chi connectivity index (χ1v) is 12.1. The number of hydrogen-bond donors (Lipinski definition) is 2. The van der Waals surface area contributed by atoms with E-state index in [1.165, 1.54) is 21.8 Å². The standard InChI is InChI=1S/C18H21ClN2O4S.C7H6O/c1-3-10-25-14(18(23)24)8-9-20-16(22)15-11(2)26-17(21-15)12-6-4-5-7-13(12)19;1-8-7-4-5-2-3-6(5)7/h4-7,14H,3,8-10H2,1-2H3,(H,20,22)(H,23,24);2-4H,1H3. The van der Waals surface area contributed by atoms with Crippen molar-refractivity contribution in [1.82, 2.24) is 10.3 Å². The quantitative estimate of drug-likeness (QED) is 0.314. The average Bonchev–Trinajstić information content (AvgIpc) is 3.19. The summed E-state index contributed by atoms with van der Waals surface area (Å²) < 4.78 is 10.2. The number of carboxylic acids is 1. The van der Waals surface area contributed by atoms with Gasteiger partial charge in [0, 0.05) is 35.2 Å². The number of carbonyl (C=O) groups excluding carboxylic acids is 1. The molecule has 2 N–H and O–H groups in total. The number of hydrogen-bond acceptors (Lipinski definition) is 6. The van der Waals surface area contributed by atoms with Gasteiger partial charge in [0.1, 0.15) is 16.5 Å². The zero-order valence-corrected chi connectivity index (χ0v) is 20.8. The molecule has 4 rings (SSSR count). The van der Waals surface area contributed by atoms with E-state index in [0.29, 0.717) is 22.3 Å². The van der Waals surface area contributed by atoms with Crippen molar-refractivity contribution in [3.05, 3.63) is 68.5 Å². The topological polar surface area (TPSA) is 97.8 Å². The van der Waals surface area contributed by atoms with Gasteiger partial charge in [-0.3, -0.25) is 4.79 Å². The van der Waals surface area contributed by atoms with Crippen LogP contribution in [0.25, 0.3) is 10.6 Å². The predicted molar refractivity (Wildman–Crippen MR) is 133 cm³/mol. The van der Waals surface area contributed by atoms with Gasteiger partial charge in [-0.05, 0) is 30.7 Å². The first kappa shape index (κ1) is 25.7. The number of nitrogens with one attached hydrogen (secondary N) is 1. The zero-order valence-electron chi connectivity index (χ0n) is 19.3. The Morgan fingerprint density at radius 3 is 2.53 bits per heavy atom. The number of aliphatic carboxylic acids is 1. The van der Waals surface area contributed by atoms with Crippen LogP contribution in [0.2, 0.25) is 5.02 Å². The van der Waals surface area contributed by atoms with E-state index >= 15 is 0 Å². The third-order valence-electron chi connectivity index (χ3n) is 5.12. The summed E-state index contributed by atoms with van der Waals surface area (Å²) in [5, 5.41) is 15.7. The number of aromatic nitrogens is 1. The molecule has 180 valence electrons. The molecule has 9 heteroatoms. The van der Waals surface area contributed by atoms with Crippen LogP contribution in [0.15, 0.2) is 42.5 Å². The third kappa shape index (κ3) is 6.14. The highest BCUT2D eigenvalue weighted by atomic mass is 35.5. The zero-order chi connectivity index (χ0) is 24.7. The van der Waals surface area contributed by atoms with Crippen molar-refractivity contribution in [2.75, 3.05) is 20.3 Å². The average molecular weight is 503 g/mol. The fraction of sp³-hybridized carbons (Fsp3) is 0.320. The van der Waals surface area contributed by atoms with Gasteiger partial charge in [-0.15, -0.1) is 11.3 Å².